The maximum Gasteiger partial charge on any atom is 0.308 e. The molecule has 0 aliphatic heterocycles. The van der Waals surface area contributed by atoms with Crippen LogP contribution in [0.3, 0.4) is 0 Å². The van der Waals surface area contributed by atoms with E-state index in [-0.39, 0.29) is 12.4 Å². The first-order chi connectivity index (χ1) is 5.24. The number of ether oxygens (including phenoxy) is 1. The standard InChI is InChI=1S/C8H14O3/c1-11-8(10)5-7(9)6-3-2-4-6/h6-7,9H,2-5H2,1H3. The van der Waals surface area contributed by atoms with Crippen LogP contribution in [0.5, 0.6) is 0 Å². The van der Waals surface area contributed by atoms with E-state index in [9.17, 15) is 9.90 Å². The highest BCUT2D eigenvalue weighted by molar-refractivity contribution is 5.69. The van der Waals surface area contributed by atoms with Crippen molar-refractivity contribution in [3.8, 4) is 0 Å². The molecule has 0 aromatic rings. The molecular formula is C8H14O3. The van der Waals surface area contributed by atoms with Gasteiger partial charge in [0.15, 0.2) is 0 Å². The Kier molecular flexibility index (Phi) is 2.88. The van der Waals surface area contributed by atoms with Gasteiger partial charge in [-0.15, -0.1) is 0 Å². The number of carbonyl (C=O) groups is 1. The minimum absolute atomic E-state index is 0.154. The van der Waals surface area contributed by atoms with Gasteiger partial charge >= 0.3 is 5.97 Å². The zero-order valence-electron chi connectivity index (χ0n) is 6.75. The first-order valence-electron chi connectivity index (χ1n) is 3.99. The molecule has 1 atom stereocenters. The molecule has 64 valence electrons. The van der Waals surface area contributed by atoms with E-state index < -0.39 is 6.10 Å². The molecule has 3 heteroatoms. The Balaban J connectivity index is 2.19. The van der Waals surface area contributed by atoms with Crippen LogP contribution in [-0.2, 0) is 9.53 Å². The molecule has 1 saturated carbocycles. The van der Waals surface area contributed by atoms with Crippen molar-refractivity contribution in [2.45, 2.75) is 31.8 Å². The monoisotopic (exact) mass is 158 g/mol. The number of aliphatic hydroxyl groups is 1. The van der Waals surface area contributed by atoms with Gasteiger partial charge in [-0.3, -0.25) is 4.79 Å². The molecule has 1 aliphatic rings. The molecule has 0 bridgehead atoms. The summed E-state index contributed by atoms with van der Waals surface area (Å²) in [5, 5.41) is 9.37. The van der Waals surface area contributed by atoms with E-state index in [2.05, 4.69) is 4.74 Å². The molecule has 0 saturated heterocycles. The largest absolute Gasteiger partial charge is 0.469 e. The molecule has 0 radical (unpaired) electrons. The maximum atomic E-state index is 10.7. The van der Waals surface area contributed by atoms with Gasteiger partial charge in [-0.05, 0) is 18.8 Å². The summed E-state index contributed by atoms with van der Waals surface area (Å²) in [5.41, 5.74) is 0. The zero-order valence-corrected chi connectivity index (χ0v) is 6.75. The number of methoxy groups -OCH3 is 1. The summed E-state index contributed by atoms with van der Waals surface area (Å²) in [5.74, 6) is 0.0264. The van der Waals surface area contributed by atoms with Gasteiger partial charge in [0, 0.05) is 0 Å². The van der Waals surface area contributed by atoms with Crippen LogP contribution >= 0.6 is 0 Å². The molecule has 1 unspecified atom stereocenters. The van der Waals surface area contributed by atoms with Gasteiger partial charge in [-0.25, -0.2) is 0 Å². The zero-order chi connectivity index (χ0) is 8.27. The highest BCUT2D eigenvalue weighted by Gasteiger charge is 2.27. The SMILES string of the molecule is COC(=O)CC(O)C1CCC1. The average molecular weight is 158 g/mol. The Labute approximate surface area is 66.4 Å². The van der Waals surface area contributed by atoms with E-state index in [1.807, 2.05) is 0 Å². The van der Waals surface area contributed by atoms with Crippen molar-refractivity contribution in [1.82, 2.24) is 0 Å². The Hall–Kier alpha value is -0.570. The third-order valence-electron chi connectivity index (χ3n) is 2.30. The molecule has 1 rings (SSSR count). The molecule has 1 aliphatic carbocycles. The lowest BCUT2D eigenvalue weighted by Gasteiger charge is -2.29. The van der Waals surface area contributed by atoms with Gasteiger partial charge in [0.1, 0.15) is 0 Å². The summed E-state index contributed by atoms with van der Waals surface area (Å²) in [7, 11) is 1.34. The number of rotatable bonds is 3. The molecule has 3 nitrogen and oxygen atoms in total. The normalized spacial score (nSPS) is 20.5. The Morgan fingerprint density at radius 1 is 1.73 bits per heavy atom. The van der Waals surface area contributed by atoms with Crippen LogP contribution in [0.2, 0.25) is 0 Å². The third kappa shape index (κ3) is 2.19. The van der Waals surface area contributed by atoms with E-state index >= 15 is 0 Å². The average Bonchev–Trinajstić information content (AvgIpc) is 1.83. The Morgan fingerprint density at radius 3 is 2.73 bits per heavy atom. The summed E-state index contributed by atoms with van der Waals surface area (Å²) >= 11 is 0. The van der Waals surface area contributed by atoms with Crippen molar-refractivity contribution < 1.29 is 14.6 Å². The molecular weight excluding hydrogens is 144 g/mol. The van der Waals surface area contributed by atoms with Gasteiger partial charge in [-0.2, -0.15) is 0 Å². The fourth-order valence-electron chi connectivity index (χ4n) is 1.25. The summed E-state index contributed by atoms with van der Waals surface area (Å²) < 4.78 is 4.44. The third-order valence-corrected chi connectivity index (χ3v) is 2.30. The lowest BCUT2D eigenvalue weighted by molar-refractivity contribution is -0.144. The quantitative estimate of drug-likeness (QED) is 0.615. The highest BCUT2D eigenvalue weighted by atomic mass is 16.5. The van der Waals surface area contributed by atoms with Crippen molar-refractivity contribution in [3.05, 3.63) is 0 Å². The topological polar surface area (TPSA) is 46.5 Å². The van der Waals surface area contributed by atoms with Gasteiger partial charge in [-0.1, -0.05) is 6.42 Å². The van der Waals surface area contributed by atoms with Crippen LogP contribution < -0.4 is 0 Å². The Bertz CT molecular complexity index is 140. The van der Waals surface area contributed by atoms with Crippen molar-refractivity contribution >= 4 is 5.97 Å². The number of esters is 1. The van der Waals surface area contributed by atoms with Crippen molar-refractivity contribution in [1.29, 1.82) is 0 Å². The Morgan fingerprint density at radius 2 is 2.36 bits per heavy atom. The highest BCUT2D eigenvalue weighted by Crippen LogP contribution is 2.30. The minimum atomic E-state index is -0.476. The van der Waals surface area contributed by atoms with Gasteiger partial charge in [0.2, 0.25) is 0 Å². The van der Waals surface area contributed by atoms with E-state index in [1.54, 1.807) is 0 Å². The molecule has 0 heterocycles. The van der Waals surface area contributed by atoms with Gasteiger partial charge in [0.25, 0.3) is 0 Å². The lowest BCUT2D eigenvalue weighted by Crippen LogP contribution is -2.29. The number of carbonyl (C=O) groups excluding carboxylic acids is 1. The summed E-state index contributed by atoms with van der Waals surface area (Å²) in [4.78, 5) is 10.7. The summed E-state index contributed by atoms with van der Waals surface area (Å²) in [6.45, 7) is 0. The first-order valence-corrected chi connectivity index (χ1v) is 3.99. The van der Waals surface area contributed by atoms with E-state index in [0.717, 1.165) is 12.8 Å². The number of aliphatic hydroxyl groups excluding tert-OH is 1. The molecule has 0 aromatic carbocycles. The predicted molar refractivity (Wildman–Crippen MR) is 40.0 cm³/mol. The molecule has 0 spiro atoms. The van der Waals surface area contributed by atoms with Gasteiger partial charge in [0.05, 0.1) is 19.6 Å². The van der Waals surface area contributed by atoms with Crippen molar-refractivity contribution in [2.24, 2.45) is 5.92 Å². The van der Waals surface area contributed by atoms with Gasteiger partial charge < -0.3 is 9.84 Å². The van der Waals surface area contributed by atoms with Crippen LogP contribution in [-0.4, -0.2) is 24.3 Å². The van der Waals surface area contributed by atoms with Crippen molar-refractivity contribution in [3.63, 3.8) is 0 Å². The molecule has 1 N–H and O–H groups in total. The van der Waals surface area contributed by atoms with Crippen LogP contribution in [0.15, 0.2) is 0 Å². The number of hydrogen-bond acceptors (Lipinski definition) is 3. The van der Waals surface area contributed by atoms with Crippen LogP contribution in [0.25, 0.3) is 0 Å². The predicted octanol–water partition coefficient (Wildman–Crippen LogP) is 0.710. The van der Waals surface area contributed by atoms with E-state index in [4.69, 9.17) is 0 Å². The minimum Gasteiger partial charge on any atom is -0.469 e. The molecule has 11 heavy (non-hydrogen) atoms. The fraction of sp³-hybridized carbons (Fsp3) is 0.875. The first kappa shape index (κ1) is 8.53. The van der Waals surface area contributed by atoms with E-state index in [1.165, 1.54) is 13.5 Å². The number of hydrogen-bond donors (Lipinski definition) is 1. The molecule has 0 amide bonds. The van der Waals surface area contributed by atoms with Crippen LogP contribution in [0.1, 0.15) is 25.7 Å². The maximum absolute atomic E-state index is 10.7. The second-order valence-electron chi connectivity index (χ2n) is 3.04. The summed E-state index contributed by atoms with van der Waals surface area (Å²) in [6, 6.07) is 0. The van der Waals surface area contributed by atoms with Crippen LogP contribution in [0.4, 0.5) is 0 Å². The van der Waals surface area contributed by atoms with E-state index in [0.29, 0.717) is 5.92 Å². The lowest BCUT2D eigenvalue weighted by atomic mass is 9.80. The second kappa shape index (κ2) is 3.72. The second-order valence-corrected chi connectivity index (χ2v) is 3.04. The molecule has 1 fully saturated rings. The smallest absolute Gasteiger partial charge is 0.308 e. The summed E-state index contributed by atoms with van der Waals surface area (Å²) in [6.07, 6.45) is 2.97. The fourth-order valence-corrected chi connectivity index (χ4v) is 1.25. The van der Waals surface area contributed by atoms with Crippen molar-refractivity contribution in [2.75, 3.05) is 7.11 Å². The van der Waals surface area contributed by atoms with Crippen LogP contribution in [0, 0.1) is 5.92 Å². The molecule has 0 aromatic heterocycles.